The maximum Gasteiger partial charge on any atom is 0.471 e. The van der Waals surface area contributed by atoms with Crippen molar-refractivity contribution in [3.8, 4) is 0 Å². The SMILES string of the molecule is CNC(=O)C(=O)C(CC1CC1)NC(=O)[C@@H]1[C@@H](C(C)C)CCN1C(=O)[C@@H](NC(=O)C(F)(F)F)C(C)(C)C. The van der Waals surface area contributed by atoms with Gasteiger partial charge in [0.05, 0.1) is 6.04 Å². The molecule has 0 radical (unpaired) electrons. The van der Waals surface area contributed by atoms with Gasteiger partial charge in [0.2, 0.25) is 17.6 Å². The van der Waals surface area contributed by atoms with Crippen LogP contribution < -0.4 is 16.0 Å². The van der Waals surface area contributed by atoms with E-state index in [-0.39, 0.29) is 30.7 Å². The van der Waals surface area contributed by atoms with Gasteiger partial charge in [0.25, 0.3) is 5.91 Å². The van der Waals surface area contributed by atoms with Gasteiger partial charge in [0, 0.05) is 13.6 Å². The number of rotatable bonds is 9. The molecule has 1 aliphatic carbocycles. The van der Waals surface area contributed by atoms with Gasteiger partial charge in [0.1, 0.15) is 12.1 Å². The minimum atomic E-state index is -5.18. The van der Waals surface area contributed by atoms with Gasteiger partial charge in [-0.1, -0.05) is 47.5 Å². The Balaban J connectivity index is 2.34. The highest BCUT2D eigenvalue weighted by Gasteiger charge is 2.49. The minimum Gasteiger partial charge on any atom is -0.353 e. The van der Waals surface area contributed by atoms with Gasteiger partial charge >= 0.3 is 12.1 Å². The first-order valence-corrected chi connectivity index (χ1v) is 12.2. The monoisotopic (exact) mass is 518 g/mol. The molecule has 36 heavy (non-hydrogen) atoms. The van der Waals surface area contributed by atoms with E-state index in [0.29, 0.717) is 6.42 Å². The summed E-state index contributed by atoms with van der Waals surface area (Å²) in [5, 5.41) is 6.71. The van der Waals surface area contributed by atoms with E-state index in [1.807, 2.05) is 13.8 Å². The number of carbonyl (C=O) groups is 5. The molecule has 0 aromatic rings. The first-order valence-electron chi connectivity index (χ1n) is 12.2. The summed E-state index contributed by atoms with van der Waals surface area (Å²) in [6, 6.07) is -3.68. The average Bonchev–Trinajstić information content (AvgIpc) is 3.46. The zero-order valence-electron chi connectivity index (χ0n) is 21.6. The van der Waals surface area contributed by atoms with Gasteiger partial charge in [-0.25, -0.2) is 0 Å². The molecule has 12 heteroatoms. The van der Waals surface area contributed by atoms with E-state index in [4.69, 9.17) is 0 Å². The number of alkyl halides is 3. The number of likely N-dealkylation sites (tertiary alicyclic amines) is 1. The fourth-order valence-electron chi connectivity index (χ4n) is 4.58. The largest absolute Gasteiger partial charge is 0.471 e. The third kappa shape index (κ3) is 7.19. The topological polar surface area (TPSA) is 125 Å². The number of halogens is 3. The van der Waals surface area contributed by atoms with E-state index in [1.165, 1.54) is 32.7 Å². The van der Waals surface area contributed by atoms with Gasteiger partial charge in [-0.05, 0) is 36.0 Å². The van der Waals surface area contributed by atoms with Crippen LogP contribution in [-0.4, -0.2) is 72.2 Å². The quantitative estimate of drug-likeness (QED) is 0.400. The van der Waals surface area contributed by atoms with Crippen molar-refractivity contribution in [1.29, 1.82) is 0 Å². The Hall–Kier alpha value is -2.66. The summed E-state index contributed by atoms with van der Waals surface area (Å²) in [4.78, 5) is 64.5. The van der Waals surface area contributed by atoms with E-state index in [1.54, 1.807) is 5.32 Å². The second kappa shape index (κ2) is 11.2. The molecule has 1 unspecified atom stereocenters. The van der Waals surface area contributed by atoms with E-state index in [9.17, 15) is 37.1 Å². The lowest BCUT2D eigenvalue weighted by Crippen LogP contribution is -2.61. The second-order valence-electron chi connectivity index (χ2n) is 11.1. The fraction of sp³-hybridized carbons (Fsp3) is 0.792. The van der Waals surface area contributed by atoms with Crippen molar-refractivity contribution >= 4 is 29.4 Å². The lowest BCUT2D eigenvalue weighted by Gasteiger charge is -2.37. The number of nitrogens with one attached hydrogen (secondary N) is 3. The van der Waals surface area contributed by atoms with E-state index in [2.05, 4.69) is 10.6 Å². The first-order chi connectivity index (χ1) is 16.5. The molecule has 1 heterocycles. The van der Waals surface area contributed by atoms with Crippen molar-refractivity contribution in [2.24, 2.45) is 23.2 Å². The predicted molar refractivity (Wildman–Crippen MR) is 124 cm³/mol. The maximum atomic E-state index is 13.5. The molecule has 0 bridgehead atoms. The summed E-state index contributed by atoms with van der Waals surface area (Å²) in [5.74, 6) is -5.51. The molecular formula is C24H37F3N4O5. The van der Waals surface area contributed by atoms with Gasteiger partial charge in [-0.2, -0.15) is 13.2 Å². The van der Waals surface area contributed by atoms with Gasteiger partial charge in [0.15, 0.2) is 0 Å². The molecular weight excluding hydrogens is 481 g/mol. The summed E-state index contributed by atoms with van der Waals surface area (Å²) >= 11 is 0. The van der Waals surface area contributed by atoms with Crippen molar-refractivity contribution in [3.05, 3.63) is 0 Å². The van der Waals surface area contributed by atoms with E-state index in [0.717, 1.165) is 12.8 Å². The number of likely N-dealkylation sites (N-methyl/N-ethyl adjacent to an activating group) is 1. The number of amides is 4. The van der Waals surface area contributed by atoms with Crippen LogP contribution in [0.4, 0.5) is 13.2 Å². The lowest BCUT2D eigenvalue weighted by molar-refractivity contribution is -0.176. The number of hydrogen-bond donors (Lipinski definition) is 3. The van der Waals surface area contributed by atoms with Crippen molar-refractivity contribution in [2.75, 3.05) is 13.6 Å². The highest BCUT2D eigenvalue weighted by Crippen LogP contribution is 2.35. The second-order valence-corrected chi connectivity index (χ2v) is 11.1. The molecule has 2 aliphatic rings. The average molecular weight is 519 g/mol. The summed E-state index contributed by atoms with van der Waals surface area (Å²) in [5.41, 5.74) is -1.08. The highest BCUT2D eigenvalue weighted by atomic mass is 19.4. The normalized spacial score (nSPS) is 22.1. The maximum absolute atomic E-state index is 13.5. The Labute approximate surface area is 209 Å². The Bertz CT molecular complexity index is 880. The molecule has 0 aromatic carbocycles. The summed E-state index contributed by atoms with van der Waals surface area (Å²) in [7, 11) is 1.31. The number of hydrogen-bond acceptors (Lipinski definition) is 5. The van der Waals surface area contributed by atoms with Gasteiger partial charge < -0.3 is 20.9 Å². The molecule has 4 amide bonds. The number of ketones is 1. The van der Waals surface area contributed by atoms with Crippen LogP contribution in [-0.2, 0) is 24.0 Å². The van der Waals surface area contributed by atoms with Crippen LogP contribution in [0.1, 0.15) is 60.3 Å². The summed E-state index contributed by atoms with van der Waals surface area (Å²) in [6.45, 7) is 8.39. The van der Waals surface area contributed by atoms with Crippen LogP contribution >= 0.6 is 0 Å². The predicted octanol–water partition coefficient (Wildman–Crippen LogP) is 1.55. The number of Topliss-reactive ketones (excluding diaryl/α,β-unsaturated/α-hetero) is 1. The van der Waals surface area contributed by atoms with Crippen molar-refractivity contribution in [3.63, 3.8) is 0 Å². The molecule has 2 rings (SSSR count). The van der Waals surface area contributed by atoms with E-state index >= 15 is 0 Å². The Morgan fingerprint density at radius 1 is 0.972 bits per heavy atom. The van der Waals surface area contributed by atoms with Crippen LogP contribution in [0.5, 0.6) is 0 Å². The molecule has 2 fully saturated rings. The van der Waals surface area contributed by atoms with Gasteiger partial charge in [-0.15, -0.1) is 0 Å². The van der Waals surface area contributed by atoms with Crippen LogP contribution in [0.2, 0.25) is 0 Å². The van der Waals surface area contributed by atoms with Crippen LogP contribution in [0, 0.1) is 23.2 Å². The zero-order chi connectivity index (χ0) is 27.6. The summed E-state index contributed by atoms with van der Waals surface area (Å²) < 4.78 is 38.9. The first kappa shape index (κ1) is 29.6. The number of carbonyl (C=O) groups excluding carboxylic acids is 5. The van der Waals surface area contributed by atoms with E-state index < -0.39 is 59.1 Å². The van der Waals surface area contributed by atoms with Crippen LogP contribution in [0.3, 0.4) is 0 Å². The fourth-order valence-corrected chi connectivity index (χ4v) is 4.58. The van der Waals surface area contributed by atoms with Crippen molar-refractivity contribution in [1.82, 2.24) is 20.9 Å². The Morgan fingerprint density at radius 3 is 2.00 bits per heavy atom. The van der Waals surface area contributed by atoms with Crippen LogP contribution in [0.25, 0.3) is 0 Å². The standard InChI is InChI=1S/C24H37F3N4O5/c1-12(2)14-9-10-31(21(35)18(23(3,4)5)30-22(36)24(25,26)27)16(14)19(33)29-15(11-13-7-8-13)17(32)20(34)28-6/h12-16,18H,7-11H2,1-6H3,(H,28,34)(H,29,33)(H,30,36)/t14-,15?,16+,18-/m1/s1. The summed E-state index contributed by atoms with van der Waals surface area (Å²) in [6.07, 6.45) is -2.72. The molecule has 3 N–H and O–H groups in total. The van der Waals surface area contributed by atoms with Crippen molar-refractivity contribution < 1.29 is 37.1 Å². The number of nitrogens with zero attached hydrogens (tertiary/aromatic N) is 1. The molecule has 0 aromatic heterocycles. The molecule has 4 atom stereocenters. The molecule has 204 valence electrons. The third-order valence-corrected chi connectivity index (χ3v) is 6.85. The Morgan fingerprint density at radius 2 is 1.56 bits per heavy atom. The molecule has 0 spiro atoms. The lowest BCUT2D eigenvalue weighted by atomic mass is 9.84. The smallest absolute Gasteiger partial charge is 0.353 e. The minimum absolute atomic E-state index is 0.0621. The highest BCUT2D eigenvalue weighted by molar-refractivity contribution is 6.38. The molecule has 1 saturated carbocycles. The van der Waals surface area contributed by atoms with Gasteiger partial charge in [-0.3, -0.25) is 24.0 Å². The molecule has 1 aliphatic heterocycles. The van der Waals surface area contributed by atoms with Crippen molar-refractivity contribution in [2.45, 2.75) is 84.6 Å². The third-order valence-electron chi connectivity index (χ3n) is 6.85. The Kier molecular flexibility index (Phi) is 9.17. The molecule has 1 saturated heterocycles. The zero-order valence-corrected chi connectivity index (χ0v) is 21.6. The molecule has 9 nitrogen and oxygen atoms in total. The van der Waals surface area contributed by atoms with Crippen LogP contribution in [0.15, 0.2) is 0 Å².